The van der Waals surface area contributed by atoms with Gasteiger partial charge in [0.05, 0.1) is 13.0 Å². The van der Waals surface area contributed by atoms with Crippen molar-refractivity contribution in [1.29, 1.82) is 0 Å². The second-order valence-electron chi connectivity index (χ2n) is 7.25. The van der Waals surface area contributed by atoms with Crippen LogP contribution in [0.3, 0.4) is 0 Å². The van der Waals surface area contributed by atoms with E-state index in [2.05, 4.69) is 40.6 Å². The summed E-state index contributed by atoms with van der Waals surface area (Å²) in [5.41, 5.74) is 3.16. The lowest BCUT2D eigenvalue weighted by atomic mass is 10.1. The first-order chi connectivity index (χ1) is 15.0. The third kappa shape index (κ3) is 5.23. The Kier molecular flexibility index (Phi) is 6.53. The van der Waals surface area contributed by atoms with E-state index in [1.165, 1.54) is 22.5 Å². The number of aryl methyl sites for hydroxylation is 1. The van der Waals surface area contributed by atoms with Crippen LogP contribution in [0.25, 0.3) is 0 Å². The maximum atomic E-state index is 12.7. The molecule has 7 nitrogen and oxygen atoms in total. The molecule has 1 aromatic heterocycles. The Morgan fingerprint density at radius 3 is 2.90 bits per heavy atom. The molecule has 1 unspecified atom stereocenters. The first kappa shape index (κ1) is 21.3. The molecule has 4 rings (SSSR count). The minimum atomic E-state index is -0.439. The second kappa shape index (κ2) is 9.49. The third-order valence-corrected chi connectivity index (χ3v) is 6.99. The van der Waals surface area contributed by atoms with Crippen molar-refractivity contribution in [1.82, 2.24) is 10.2 Å². The van der Waals surface area contributed by atoms with E-state index >= 15 is 0 Å². The molecule has 31 heavy (non-hydrogen) atoms. The maximum Gasteiger partial charge on any atom is 0.231 e. The van der Waals surface area contributed by atoms with Gasteiger partial charge in [0.2, 0.25) is 16.9 Å². The summed E-state index contributed by atoms with van der Waals surface area (Å²) >= 11 is 2.92. The number of nitrogens with one attached hydrogen (secondary N) is 1. The van der Waals surface area contributed by atoms with Crippen LogP contribution in [0.1, 0.15) is 17.5 Å². The maximum absolute atomic E-state index is 12.7. The van der Waals surface area contributed by atoms with Gasteiger partial charge in [-0.15, -0.1) is 10.2 Å². The van der Waals surface area contributed by atoms with E-state index in [0.717, 1.165) is 15.8 Å². The zero-order valence-electron chi connectivity index (χ0n) is 17.2. The van der Waals surface area contributed by atoms with Gasteiger partial charge in [-0.3, -0.25) is 9.59 Å². The van der Waals surface area contributed by atoms with Gasteiger partial charge >= 0.3 is 0 Å². The van der Waals surface area contributed by atoms with Crippen molar-refractivity contribution < 1.29 is 14.3 Å². The highest BCUT2D eigenvalue weighted by Crippen LogP contribution is 2.31. The number of ether oxygens (including phenoxy) is 1. The molecule has 0 saturated carbocycles. The number of aromatic nitrogens is 2. The Hall–Kier alpha value is -2.91. The van der Waals surface area contributed by atoms with Crippen LogP contribution in [0.4, 0.5) is 10.8 Å². The van der Waals surface area contributed by atoms with Crippen LogP contribution in [0.5, 0.6) is 5.75 Å². The molecule has 0 radical (unpaired) electrons. The predicted molar refractivity (Wildman–Crippen MR) is 123 cm³/mol. The number of carbonyl (C=O) groups excluding carboxylic acids is 2. The summed E-state index contributed by atoms with van der Waals surface area (Å²) in [5, 5.41) is 11.5. The van der Waals surface area contributed by atoms with Crippen molar-refractivity contribution in [3.05, 3.63) is 59.7 Å². The summed E-state index contributed by atoms with van der Waals surface area (Å²) in [4.78, 5) is 26.8. The topological polar surface area (TPSA) is 84.4 Å². The highest BCUT2D eigenvalue weighted by atomic mass is 32.2. The smallest absolute Gasteiger partial charge is 0.231 e. The summed E-state index contributed by atoms with van der Waals surface area (Å²) in [6.45, 7) is 2.39. The zero-order chi connectivity index (χ0) is 21.8. The third-order valence-electron chi connectivity index (χ3n) is 4.94. The minimum absolute atomic E-state index is 0.0833. The molecular formula is C22H22N4O3S2. The van der Waals surface area contributed by atoms with Crippen molar-refractivity contribution in [2.24, 2.45) is 5.92 Å². The molecule has 1 aliphatic rings. The van der Waals surface area contributed by atoms with Crippen LogP contribution >= 0.6 is 23.1 Å². The molecule has 1 fully saturated rings. The number of methoxy groups -OCH3 is 1. The highest BCUT2D eigenvalue weighted by Gasteiger charge is 2.35. The summed E-state index contributed by atoms with van der Waals surface area (Å²) in [6.07, 6.45) is 0.164. The fourth-order valence-corrected chi connectivity index (χ4v) is 5.08. The van der Waals surface area contributed by atoms with Crippen LogP contribution in [-0.2, 0) is 15.3 Å². The second-order valence-corrected chi connectivity index (χ2v) is 9.45. The Morgan fingerprint density at radius 2 is 2.10 bits per heavy atom. The molecule has 2 amide bonds. The van der Waals surface area contributed by atoms with Crippen LogP contribution < -0.4 is 15.0 Å². The van der Waals surface area contributed by atoms with E-state index in [4.69, 9.17) is 4.74 Å². The number of hydrogen-bond acceptors (Lipinski definition) is 7. The first-order valence-electron chi connectivity index (χ1n) is 9.79. The van der Waals surface area contributed by atoms with E-state index < -0.39 is 5.92 Å². The molecule has 160 valence electrons. The summed E-state index contributed by atoms with van der Waals surface area (Å²) in [6, 6.07) is 15.6. The normalized spacial score (nSPS) is 15.9. The number of amides is 2. The lowest BCUT2D eigenvalue weighted by molar-refractivity contribution is -0.122. The van der Waals surface area contributed by atoms with Gasteiger partial charge in [-0.1, -0.05) is 59.0 Å². The Balaban J connectivity index is 1.34. The first-order valence-corrected chi connectivity index (χ1v) is 11.6. The van der Waals surface area contributed by atoms with E-state index in [1.54, 1.807) is 29.8 Å². The summed E-state index contributed by atoms with van der Waals surface area (Å²) in [5.74, 6) is 0.718. The van der Waals surface area contributed by atoms with Gasteiger partial charge in [0.25, 0.3) is 0 Å². The van der Waals surface area contributed by atoms with Crippen LogP contribution in [-0.4, -0.2) is 35.7 Å². The standard InChI is InChI=1S/C22H22N4O3S2/c1-14-5-3-6-15(9-14)13-30-22-25-24-21(31-22)23-20(28)16-10-19(27)26(12-16)17-7-4-8-18(11-17)29-2/h3-9,11,16H,10,12-13H2,1-2H3,(H,23,24,28). The molecule has 0 aliphatic carbocycles. The number of anilines is 2. The van der Waals surface area contributed by atoms with Gasteiger partial charge in [0.1, 0.15) is 5.75 Å². The van der Waals surface area contributed by atoms with Gasteiger partial charge in [-0.2, -0.15) is 0 Å². The molecule has 1 saturated heterocycles. The average Bonchev–Trinajstić information content (AvgIpc) is 3.38. The summed E-state index contributed by atoms with van der Waals surface area (Å²) < 4.78 is 6.02. The van der Waals surface area contributed by atoms with Gasteiger partial charge in [-0.05, 0) is 24.6 Å². The van der Waals surface area contributed by atoms with Gasteiger partial charge in [0, 0.05) is 30.5 Å². The molecule has 1 aliphatic heterocycles. The number of nitrogens with zero attached hydrogens (tertiary/aromatic N) is 3. The van der Waals surface area contributed by atoms with Gasteiger partial charge in [-0.25, -0.2) is 0 Å². The van der Waals surface area contributed by atoms with Crippen LogP contribution in [0.2, 0.25) is 0 Å². The SMILES string of the molecule is COc1cccc(N2CC(C(=O)Nc3nnc(SCc4cccc(C)c4)s3)CC2=O)c1. The van der Waals surface area contributed by atoms with Crippen LogP contribution in [0.15, 0.2) is 52.9 Å². The predicted octanol–water partition coefficient (Wildman–Crippen LogP) is 4.14. The molecule has 1 atom stereocenters. The van der Waals surface area contributed by atoms with Crippen molar-refractivity contribution >= 4 is 45.7 Å². The zero-order valence-corrected chi connectivity index (χ0v) is 18.8. The molecule has 1 N–H and O–H groups in total. The molecule has 2 heterocycles. The monoisotopic (exact) mass is 454 g/mol. The molecule has 3 aromatic rings. The molecule has 2 aromatic carbocycles. The molecule has 0 spiro atoms. The average molecular weight is 455 g/mol. The number of benzene rings is 2. The molecular weight excluding hydrogens is 432 g/mol. The Bertz CT molecular complexity index is 1100. The van der Waals surface area contributed by atoms with Crippen molar-refractivity contribution in [2.45, 2.75) is 23.4 Å². The fraction of sp³-hybridized carbons (Fsp3) is 0.273. The highest BCUT2D eigenvalue weighted by molar-refractivity contribution is 8.00. The quantitative estimate of drug-likeness (QED) is 0.427. The fourth-order valence-electron chi connectivity index (χ4n) is 3.38. The van der Waals surface area contributed by atoms with Gasteiger partial charge in [0.15, 0.2) is 4.34 Å². The lowest BCUT2D eigenvalue weighted by Gasteiger charge is -2.17. The van der Waals surface area contributed by atoms with E-state index in [-0.39, 0.29) is 18.2 Å². The number of rotatable bonds is 7. The van der Waals surface area contributed by atoms with Crippen molar-refractivity contribution in [3.8, 4) is 5.75 Å². The van der Waals surface area contributed by atoms with E-state index in [0.29, 0.717) is 17.4 Å². The molecule has 0 bridgehead atoms. The van der Waals surface area contributed by atoms with Crippen LogP contribution in [0, 0.1) is 12.8 Å². The molecule has 9 heteroatoms. The Labute approximate surface area is 188 Å². The van der Waals surface area contributed by atoms with E-state index in [1.807, 2.05) is 24.3 Å². The number of hydrogen-bond donors (Lipinski definition) is 1. The number of thioether (sulfide) groups is 1. The van der Waals surface area contributed by atoms with Crippen molar-refractivity contribution in [3.63, 3.8) is 0 Å². The largest absolute Gasteiger partial charge is 0.497 e. The summed E-state index contributed by atoms with van der Waals surface area (Å²) in [7, 11) is 1.58. The lowest BCUT2D eigenvalue weighted by Crippen LogP contribution is -2.28. The van der Waals surface area contributed by atoms with E-state index in [9.17, 15) is 9.59 Å². The number of carbonyl (C=O) groups is 2. The minimum Gasteiger partial charge on any atom is -0.497 e. The van der Waals surface area contributed by atoms with Gasteiger partial charge < -0.3 is 15.0 Å². The van der Waals surface area contributed by atoms with Crippen molar-refractivity contribution in [2.75, 3.05) is 23.9 Å². The Morgan fingerprint density at radius 1 is 1.26 bits per heavy atom.